The Balaban J connectivity index is 2.61. The molecule has 0 spiro atoms. The van der Waals surface area contributed by atoms with Crippen LogP contribution < -0.4 is 10.5 Å². The third-order valence-corrected chi connectivity index (χ3v) is 2.65. The highest BCUT2D eigenvalue weighted by molar-refractivity contribution is 5.36. The lowest BCUT2D eigenvalue weighted by Crippen LogP contribution is -2.11. The minimum Gasteiger partial charge on any atom is -0.493 e. The molecule has 1 aromatic rings. The molecule has 17 heavy (non-hydrogen) atoms. The molecule has 0 fully saturated rings. The van der Waals surface area contributed by atoms with Gasteiger partial charge in [0.2, 0.25) is 0 Å². The van der Waals surface area contributed by atoms with Gasteiger partial charge in [-0.05, 0) is 37.8 Å². The summed E-state index contributed by atoms with van der Waals surface area (Å²) in [6, 6.07) is 4.49. The molecule has 0 aliphatic rings. The van der Waals surface area contributed by atoms with Crippen LogP contribution in [-0.2, 0) is 0 Å². The maximum Gasteiger partial charge on any atom is 0.131 e. The van der Waals surface area contributed by atoms with Crippen molar-refractivity contribution in [3.8, 4) is 5.75 Å². The molecule has 1 rings (SSSR count). The minimum absolute atomic E-state index is 0.290. The molecule has 2 nitrogen and oxygen atoms in total. The van der Waals surface area contributed by atoms with Crippen molar-refractivity contribution in [2.75, 3.05) is 6.61 Å². The SMILES string of the molecule is CC(C)CCCOc1cccc(F)c1[C@@H](C)N. The fourth-order valence-electron chi connectivity index (χ4n) is 1.76. The normalized spacial score (nSPS) is 12.8. The molecule has 0 amide bonds. The Bertz CT molecular complexity index is 350. The molecule has 0 aliphatic carbocycles. The molecule has 2 N–H and O–H groups in total. The van der Waals surface area contributed by atoms with Crippen LogP contribution in [0.5, 0.6) is 5.75 Å². The molecule has 3 heteroatoms. The average Bonchev–Trinajstić information content (AvgIpc) is 2.23. The monoisotopic (exact) mass is 239 g/mol. The summed E-state index contributed by atoms with van der Waals surface area (Å²) in [6.45, 7) is 6.73. The van der Waals surface area contributed by atoms with Crippen molar-refractivity contribution in [2.45, 2.75) is 39.7 Å². The number of hydrogen-bond acceptors (Lipinski definition) is 2. The Morgan fingerprint density at radius 3 is 2.59 bits per heavy atom. The molecular weight excluding hydrogens is 217 g/mol. The van der Waals surface area contributed by atoms with Gasteiger partial charge in [0, 0.05) is 11.6 Å². The van der Waals surface area contributed by atoms with Crippen LogP contribution in [0.2, 0.25) is 0 Å². The minimum atomic E-state index is -0.351. The number of nitrogens with two attached hydrogens (primary N) is 1. The summed E-state index contributed by atoms with van der Waals surface area (Å²) in [6.07, 6.45) is 2.09. The van der Waals surface area contributed by atoms with Crippen LogP contribution in [0.4, 0.5) is 4.39 Å². The summed E-state index contributed by atoms with van der Waals surface area (Å²) in [5.74, 6) is 0.948. The van der Waals surface area contributed by atoms with Crippen molar-refractivity contribution in [2.24, 2.45) is 11.7 Å². The average molecular weight is 239 g/mol. The zero-order chi connectivity index (χ0) is 12.8. The van der Waals surface area contributed by atoms with E-state index in [1.165, 1.54) is 6.07 Å². The van der Waals surface area contributed by atoms with Crippen LogP contribution in [0.25, 0.3) is 0 Å². The molecule has 0 bridgehead atoms. The van der Waals surface area contributed by atoms with Gasteiger partial charge < -0.3 is 10.5 Å². The van der Waals surface area contributed by atoms with E-state index in [9.17, 15) is 4.39 Å². The largest absolute Gasteiger partial charge is 0.493 e. The van der Waals surface area contributed by atoms with Crippen LogP contribution in [0, 0.1) is 11.7 Å². The van der Waals surface area contributed by atoms with Crippen LogP contribution in [0.1, 0.15) is 45.2 Å². The Labute approximate surface area is 103 Å². The van der Waals surface area contributed by atoms with Crippen LogP contribution in [0.3, 0.4) is 0 Å². The van der Waals surface area contributed by atoms with Gasteiger partial charge in [-0.1, -0.05) is 19.9 Å². The lowest BCUT2D eigenvalue weighted by molar-refractivity contribution is 0.291. The highest BCUT2D eigenvalue weighted by Crippen LogP contribution is 2.26. The van der Waals surface area contributed by atoms with Crippen molar-refractivity contribution in [1.82, 2.24) is 0 Å². The second-order valence-corrected chi connectivity index (χ2v) is 4.82. The van der Waals surface area contributed by atoms with Gasteiger partial charge in [-0.15, -0.1) is 0 Å². The second-order valence-electron chi connectivity index (χ2n) is 4.82. The Kier molecular flexibility index (Phi) is 5.42. The predicted octanol–water partition coefficient (Wildman–Crippen LogP) is 3.66. The highest BCUT2D eigenvalue weighted by Gasteiger charge is 2.13. The molecular formula is C14H22FNO. The molecule has 0 aliphatic heterocycles. The van der Waals surface area contributed by atoms with Crippen LogP contribution in [-0.4, -0.2) is 6.61 Å². The molecule has 1 aromatic carbocycles. The molecule has 0 aromatic heterocycles. The zero-order valence-electron chi connectivity index (χ0n) is 10.9. The summed E-state index contributed by atoms with van der Waals surface area (Å²) < 4.78 is 19.2. The van der Waals surface area contributed by atoms with Gasteiger partial charge in [0.25, 0.3) is 0 Å². The van der Waals surface area contributed by atoms with E-state index >= 15 is 0 Å². The third-order valence-electron chi connectivity index (χ3n) is 2.65. The van der Waals surface area contributed by atoms with Crippen molar-refractivity contribution < 1.29 is 9.13 Å². The summed E-state index contributed by atoms with van der Waals surface area (Å²) in [5.41, 5.74) is 6.22. The molecule has 0 saturated carbocycles. The summed E-state index contributed by atoms with van der Waals surface area (Å²) in [4.78, 5) is 0. The number of halogens is 1. The lowest BCUT2D eigenvalue weighted by atomic mass is 10.1. The van der Waals surface area contributed by atoms with Gasteiger partial charge in [0.1, 0.15) is 11.6 Å². The Morgan fingerprint density at radius 2 is 2.00 bits per heavy atom. The van der Waals surface area contributed by atoms with Crippen molar-refractivity contribution in [3.05, 3.63) is 29.6 Å². The van der Waals surface area contributed by atoms with Crippen molar-refractivity contribution >= 4 is 0 Å². The first-order valence-corrected chi connectivity index (χ1v) is 6.19. The van der Waals surface area contributed by atoms with Gasteiger partial charge in [0.15, 0.2) is 0 Å². The van der Waals surface area contributed by atoms with Gasteiger partial charge in [0.05, 0.1) is 6.61 Å². The molecule has 96 valence electrons. The molecule has 0 unspecified atom stereocenters. The third kappa shape index (κ3) is 4.35. The summed E-state index contributed by atoms with van der Waals surface area (Å²) >= 11 is 0. The highest BCUT2D eigenvalue weighted by atomic mass is 19.1. The molecule has 1 atom stereocenters. The Hall–Kier alpha value is -1.09. The maximum absolute atomic E-state index is 13.6. The topological polar surface area (TPSA) is 35.2 Å². The van der Waals surface area contributed by atoms with E-state index < -0.39 is 0 Å². The van der Waals surface area contributed by atoms with E-state index in [1.807, 2.05) is 0 Å². The van der Waals surface area contributed by atoms with E-state index in [-0.39, 0.29) is 11.9 Å². The first kappa shape index (κ1) is 14.0. The van der Waals surface area contributed by atoms with E-state index in [2.05, 4.69) is 13.8 Å². The van der Waals surface area contributed by atoms with Crippen molar-refractivity contribution in [1.29, 1.82) is 0 Å². The smallest absolute Gasteiger partial charge is 0.131 e. The maximum atomic E-state index is 13.6. The zero-order valence-corrected chi connectivity index (χ0v) is 10.9. The summed E-state index contributed by atoms with van der Waals surface area (Å²) in [7, 11) is 0. The fraction of sp³-hybridized carbons (Fsp3) is 0.571. The number of benzene rings is 1. The predicted molar refractivity (Wildman–Crippen MR) is 68.6 cm³/mol. The number of hydrogen-bond donors (Lipinski definition) is 1. The number of ether oxygens (including phenoxy) is 1. The summed E-state index contributed by atoms with van der Waals surface area (Å²) in [5, 5.41) is 0. The second kappa shape index (κ2) is 6.60. The molecule has 0 heterocycles. The van der Waals surface area contributed by atoms with Crippen LogP contribution in [0.15, 0.2) is 18.2 Å². The first-order valence-electron chi connectivity index (χ1n) is 6.19. The molecule has 0 saturated heterocycles. The fourth-order valence-corrected chi connectivity index (χ4v) is 1.76. The van der Waals surface area contributed by atoms with Crippen molar-refractivity contribution in [3.63, 3.8) is 0 Å². The van der Waals surface area contributed by atoms with E-state index in [1.54, 1.807) is 19.1 Å². The Morgan fingerprint density at radius 1 is 1.29 bits per heavy atom. The standard InChI is InChI=1S/C14H22FNO/c1-10(2)6-5-9-17-13-8-4-7-12(15)14(13)11(3)16/h4,7-8,10-11H,5-6,9,16H2,1-3H3/t11-/m1/s1. The van der Waals surface area contributed by atoms with Crippen LogP contribution >= 0.6 is 0 Å². The van der Waals surface area contributed by atoms with E-state index in [0.717, 1.165) is 12.8 Å². The van der Waals surface area contributed by atoms with Gasteiger partial charge >= 0.3 is 0 Å². The first-order chi connectivity index (χ1) is 8.02. The van der Waals surface area contributed by atoms with E-state index in [4.69, 9.17) is 10.5 Å². The number of rotatable bonds is 6. The van der Waals surface area contributed by atoms with Gasteiger partial charge in [-0.25, -0.2) is 4.39 Å². The van der Waals surface area contributed by atoms with Gasteiger partial charge in [-0.3, -0.25) is 0 Å². The quantitative estimate of drug-likeness (QED) is 0.769. The van der Waals surface area contributed by atoms with E-state index in [0.29, 0.717) is 23.8 Å². The lowest BCUT2D eigenvalue weighted by Gasteiger charge is -2.15. The molecule has 0 radical (unpaired) electrons. The van der Waals surface area contributed by atoms with Gasteiger partial charge in [-0.2, -0.15) is 0 Å².